The molecular formula is C17H36N2O. The first-order valence-corrected chi connectivity index (χ1v) is 8.28. The summed E-state index contributed by atoms with van der Waals surface area (Å²) in [4.78, 5) is 2.66. The van der Waals surface area contributed by atoms with Crippen LogP contribution in [-0.2, 0) is 4.74 Å². The maximum absolute atomic E-state index is 5.28. The second kappa shape index (κ2) is 7.77. The summed E-state index contributed by atoms with van der Waals surface area (Å²) < 4.78 is 5.28. The number of hydrogen-bond acceptors (Lipinski definition) is 3. The topological polar surface area (TPSA) is 24.5 Å². The summed E-state index contributed by atoms with van der Waals surface area (Å²) in [5.41, 5.74) is 0.560. The van der Waals surface area contributed by atoms with Gasteiger partial charge in [-0.25, -0.2) is 0 Å². The van der Waals surface area contributed by atoms with Crippen LogP contribution in [0.5, 0.6) is 0 Å². The van der Waals surface area contributed by atoms with Crippen molar-refractivity contribution in [3.05, 3.63) is 0 Å². The fourth-order valence-electron chi connectivity index (χ4n) is 2.83. The van der Waals surface area contributed by atoms with E-state index in [4.69, 9.17) is 4.74 Å². The van der Waals surface area contributed by atoms with Crippen LogP contribution in [0, 0.1) is 5.41 Å². The minimum absolute atomic E-state index is 0.200. The minimum atomic E-state index is 0.200. The molecule has 1 N–H and O–H groups in total. The third-order valence-corrected chi connectivity index (χ3v) is 4.13. The predicted octanol–water partition coefficient (Wildman–Crippen LogP) is 3.29. The van der Waals surface area contributed by atoms with Crippen molar-refractivity contribution in [2.45, 2.75) is 71.9 Å². The van der Waals surface area contributed by atoms with Crippen LogP contribution in [0.1, 0.15) is 60.3 Å². The normalized spacial score (nSPS) is 19.4. The molecule has 1 aliphatic rings. The van der Waals surface area contributed by atoms with Gasteiger partial charge in [0.2, 0.25) is 0 Å². The number of nitrogens with zero attached hydrogens (tertiary/aromatic N) is 1. The molecule has 20 heavy (non-hydrogen) atoms. The zero-order chi connectivity index (χ0) is 15.2. The molecule has 0 aromatic carbocycles. The lowest BCUT2D eigenvalue weighted by molar-refractivity contribution is 0.0971. The van der Waals surface area contributed by atoms with Crippen molar-refractivity contribution < 1.29 is 4.74 Å². The van der Waals surface area contributed by atoms with Gasteiger partial charge in [-0.15, -0.1) is 0 Å². The predicted molar refractivity (Wildman–Crippen MR) is 87.2 cm³/mol. The zero-order valence-electron chi connectivity index (χ0n) is 14.6. The molecule has 0 heterocycles. The molecule has 0 amide bonds. The van der Waals surface area contributed by atoms with Crippen LogP contribution in [0.4, 0.5) is 0 Å². The average Bonchev–Trinajstić information content (AvgIpc) is 3.16. The van der Waals surface area contributed by atoms with Crippen molar-refractivity contribution in [3.63, 3.8) is 0 Å². The molecule has 1 rings (SSSR count). The van der Waals surface area contributed by atoms with Gasteiger partial charge < -0.3 is 10.1 Å². The second-order valence-electron chi connectivity index (χ2n) is 7.86. The van der Waals surface area contributed by atoms with Gasteiger partial charge in [0.1, 0.15) is 0 Å². The van der Waals surface area contributed by atoms with Gasteiger partial charge in [-0.2, -0.15) is 0 Å². The molecule has 0 spiro atoms. The Hall–Kier alpha value is -0.120. The van der Waals surface area contributed by atoms with E-state index >= 15 is 0 Å². The molecule has 120 valence electrons. The summed E-state index contributed by atoms with van der Waals surface area (Å²) in [6, 6.07) is 0.816. The SMILES string of the molecule is CCCC(C)(CNC(C)(C)C)CN(CCOC)C1CC1. The smallest absolute Gasteiger partial charge is 0.0589 e. The molecule has 3 heteroatoms. The summed E-state index contributed by atoms with van der Waals surface area (Å²) in [7, 11) is 1.80. The van der Waals surface area contributed by atoms with Crippen LogP contribution in [0.3, 0.4) is 0 Å². The lowest BCUT2D eigenvalue weighted by Gasteiger charge is -2.38. The van der Waals surface area contributed by atoms with E-state index in [-0.39, 0.29) is 5.54 Å². The van der Waals surface area contributed by atoms with Crippen LogP contribution >= 0.6 is 0 Å². The van der Waals surface area contributed by atoms with E-state index in [1.807, 2.05) is 0 Å². The zero-order valence-corrected chi connectivity index (χ0v) is 14.6. The first kappa shape index (κ1) is 17.9. The number of rotatable bonds is 10. The maximum atomic E-state index is 5.28. The Kier molecular flexibility index (Phi) is 6.96. The molecule has 0 bridgehead atoms. The van der Waals surface area contributed by atoms with Crippen LogP contribution in [0.2, 0.25) is 0 Å². The van der Waals surface area contributed by atoms with Gasteiger partial charge in [0.05, 0.1) is 6.61 Å². The Morgan fingerprint density at radius 3 is 2.30 bits per heavy atom. The van der Waals surface area contributed by atoms with Crippen molar-refractivity contribution in [1.82, 2.24) is 10.2 Å². The molecule has 1 saturated carbocycles. The van der Waals surface area contributed by atoms with Crippen LogP contribution < -0.4 is 5.32 Å². The van der Waals surface area contributed by atoms with E-state index in [2.05, 4.69) is 44.8 Å². The standard InChI is InChI=1S/C17H36N2O/c1-7-10-17(5,13-18-16(2,3)4)14-19(11-12-20-6)15-8-9-15/h15,18H,7-14H2,1-6H3. The van der Waals surface area contributed by atoms with Crippen molar-refractivity contribution >= 4 is 0 Å². The van der Waals surface area contributed by atoms with Gasteiger partial charge in [-0.05, 0) is 45.4 Å². The molecule has 0 aromatic rings. The van der Waals surface area contributed by atoms with Crippen LogP contribution in [-0.4, -0.2) is 49.8 Å². The molecular weight excluding hydrogens is 248 g/mol. The fourth-order valence-corrected chi connectivity index (χ4v) is 2.83. The van der Waals surface area contributed by atoms with E-state index < -0.39 is 0 Å². The highest BCUT2D eigenvalue weighted by atomic mass is 16.5. The number of nitrogens with one attached hydrogen (secondary N) is 1. The number of ether oxygens (including phenoxy) is 1. The van der Waals surface area contributed by atoms with Crippen LogP contribution in [0.15, 0.2) is 0 Å². The Morgan fingerprint density at radius 1 is 1.20 bits per heavy atom. The molecule has 1 unspecified atom stereocenters. The Labute approximate surface area is 126 Å². The number of hydrogen-bond donors (Lipinski definition) is 1. The quantitative estimate of drug-likeness (QED) is 0.666. The summed E-state index contributed by atoms with van der Waals surface area (Å²) in [6.45, 7) is 15.7. The van der Waals surface area contributed by atoms with Crippen molar-refractivity contribution in [2.24, 2.45) is 5.41 Å². The molecule has 1 aliphatic carbocycles. The van der Waals surface area contributed by atoms with Crippen molar-refractivity contribution in [2.75, 3.05) is 33.4 Å². The highest BCUT2D eigenvalue weighted by Crippen LogP contribution is 2.32. The number of methoxy groups -OCH3 is 1. The molecule has 1 fully saturated rings. The van der Waals surface area contributed by atoms with E-state index in [1.165, 1.54) is 32.2 Å². The minimum Gasteiger partial charge on any atom is -0.383 e. The monoisotopic (exact) mass is 284 g/mol. The van der Waals surface area contributed by atoms with Gasteiger partial charge in [0.15, 0.2) is 0 Å². The molecule has 0 aliphatic heterocycles. The third-order valence-electron chi connectivity index (χ3n) is 4.13. The van der Waals surface area contributed by atoms with E-state index in [0.717, 1.165) is 25.7 Å². The van der Waals surface area contributed by atoms with Gasteiger partial charge in [0.25, 0.3) is 0 Å². The first-order valence-electron chi connectivity index (χ1n) is 8.28. The van der Waals surface area contributed by atoms with E-state index in [9.17, 15) is 0 Å². The van der Waals surface area contributed by atoms with Gasteiger partial charge in [-0.1, -0.05) is 20.3 Å². The Balaban J connectivity index is 2.57. The molecule has 0 aromatic heterocycles. The summed E-state index contributed by atoms with van der Waals surface area (Å²) >= 11 is 0. The molecule has 0 radical (unpaired) electrons. The maximum Gasteiger partial charge on any atom is 0.0589 e. The highest BCUT2D eigenvalue weighted by molar-refractivity contribution is 4.90. The summed E-state index contributed by atoms with van der Waals surface area (Å²) in [5.74, 6) is 0. The van der Waals surface area contributed by atoms with Gasteiger partial charge >= 0.3 is 0 Å². The summed E-state index contributed by atoms with van der Waals surface area (Å²) in [6.07, 6.45) is 5.29. The largest absolute Gasteiger partial charge is 0.383 e. The molecule has 1 atom stereocenters. The Morgan fingerprint density at radius 2 is 1.85 bits per heavy atom. The molecule has 0 saturated heterocycles. The van der Waals surface area contributed by atoms with Crippen molar-refractivity contribution in [1.29, 1.82) is 0 Å². The highest BCUT2D eigenvalue weighted by Gasteiger charge is 2.34. The van der Waals surface area contributed by atoms with Crippen LogP contribution in [0.25, 0.3) is 0 Å². The fraction of sp³-hybridized carbons (Fsp3) is 1.00. The lowest BCUT2D eigenvalue weighted by atomic mass is 9.84. The Bertz CT molecular complexity index is 271. The third kappa shape index (κ3) is 7.05. The molecule has 3 nitrogen and oxygen atoms in total. The second-order valence-corrected chi connectivity index (χ2v) is 7.86. The van der Waals surface area contributed by atoms with E-state index in [1.54, 1.807) is 7.11 Å². The first-order chi connectivity index (χ1) is 9.29. The lowest BCUT2D eigenvalue weighted by Crippen LogP contribution is -2.48. The average molecular weight is 284 g/mol. The summed E-state index contributed by atoms with van der Waals surface area (Å²) in [5, 5.41) is 3.71. The van der Waals surface area contributed by atoms with Gasteiger partial charge in [-0.3, -0.25) is 4.90 Å². The van der Waals surface area contributed by atoms with Crippen molar-refractivity contribution in [3.8, 4) is 0 Å². The van der Waals surface area contributed by atoms with E-state index in [0.29, 0.717) is 5.41 Å². The van der Waals surface area contributed by atoms with Gasteiger partial charge in [0, 0.05) is 38.3 Å².